The molecule has 0 amide bonds. The number of rotatable bonds is 8. The minimum absolute atomic E-state index is 0.488. The number of nitrogens with one attached hydrogen (secondary N) is 1. The number of likely N-dealkylation sites (tertiary alicyclic amines) is 1. The van der Waals surface area contributed by atoms with E-state index in [0.717, 1.165) is 19.4 Å². The van der Waals surface area contributed by atoms with Crippen LogP contribution in [0.25, 0.3) is 0 Å². The zero-order valence-electron chi connectivity index (χ0n) is 14.4. The second kappa shape index (κ2) is 8.14. The quantitative estimate of drug-likeness (QED) is 0.676. The largest absolute Gasteiger partial charge is 0.480 e. The summed E-state index contributed by atoms with van der Waals surface area (Å²) in [6, 6.07) is 0. The molecular weight excluding hydrogens is 264 g/mol. The van der Waals surface area contributed by atoms with Crippen LogP contribution >= 0.6 is 0 Å². The molecule has 4 nitrogen and oxygen atoms in total. The number of carbonyl (C=O) groups is 1. The van der Waals surface area contributed by atoms with Crippen molar-refractivity contribution in [2.24, 2.45) is 5.41 Å². The zero-order chi connectivity index (χ0) is 15.9. The molecule has 1 saturated heterocycles. The van der Waals surface area contributed by atoms with E-state index in [2.05, 4.69) is 24.1 Å². The van der Waals surface area contributed by atoms with E-state index in [0.29, 0.717) is 18.4 Å². The summed E-state index contributed by atoms with van der Waals surface area (Å²) in [7, 11) is 0. The molecule has 1 heterocycles. The molecule has 0 radical (unpaired) electrons. The Labute approximate surface area is 130 Å². The molecule has 2 N–H and O–H groups in total. The molecule has 1 unspecified atom stereocenters. The van der Waals surface area contributed by atoms with E-state index in [9.17, 15) is 9.90 Å². The number of hydrogen-bond donors (Lipinski definition) is 2. The first kappa shape index (κ1) is 18.4. The summed E-state index contributed by atoms with van der Waals surface area (Å²) in [5.41, 5.74) is -0.281. The van der Waals surface area contributed by atoms with Gasteiger partial charge in [-0.1, -0.05) is 20.8 Å². The first-order chi connectivity index (χ1) is 9.79. The van der Waals surface area contributed by atoms with Gasteiger partial charge in [0.05, 0.1) is 0 Å². The monoisotopic (exact) mass is 298 g/mol. The SMILES string of the molecule is CCNC(C)(CCCCN1CCCC(C)(C)CC1)C(=O)O. The Balaban J connectivity index is 2.28. The summed E-state index contributed by atoms with van der Waals surface area (Å²) in [4.78, 5) is 13.9. The van der Waals surface area contributed by atoms with Gasteiger partial charge in [0.2, 0.25) is 0 Å². The van der Waals surface area contributed by atoms with Crippen LogP contribution in [0.3, 0.4) is 0 Å². The van der Waals surface area contributed by atoms with E-state index in [-0.39, 0.29) is 0 Å². The van der Waals surface area contributed by atoms with Gasteiger partial charge in [0.15, 0.2) is 0 Å². The molecule has 1 aliphatic heterocycles. The van der Waals surface area contributed by atoms with E-state index in [4.69, 9.17) is 0 Å². The molecule has 0 bridgehead atoms. The zero-order valence-corrected chi connectivity index (χ0v) is 14.4. The van der Waals surface area contributed by atoms with Crippen LogP contribution < -0.4 is 5.32 Å². The highest BCUT2D eigenvalue weighted by molar-refractivity contribution is 5.78. The van der Waals surface area contributed by atoms with Crippen LogP contribution in [0.2, 0.25) is 0 Å². The van der Waals surface area contributed by atoms with E-state index < -0.39 is 11.5 Å². The molecule has 4 heteroatoms. The summed E-state index contributed by atoms with van der Waals surface area (Å²) in [6.07, 6.45) is 6.65. The lowest BCUT2D eigenvalue weighted by Gasteiger charge is -2.26. The van der Waals surface area contributed by atoms with E-state index in [1.165, 1.54) is 32.4 Å². The van der Waals surface area contributed by atoms with Gasteiger partial charge >= 0.3 is 5.97 Å². The number of aliphatic carboxylic acids is 1. The minimum atomic E-state index is -0.768. The van der Waals surface area contributed by atoms with Crippen molar-refractivity contribution in [3.8, 4) is 0 Å². The number of carboxylic acids is 1. The second-order valence-corrected chi connectivity index (χ2v) is 7.48. The van der Waals surface area contributed by atoms with Gasteiger partial charge < -0.3 is 15.3 Å². The van der Waals surface area contributed by atoms with Crippen molar-refractivity contribution < 1.29 is 9.90 Å². The fourth-order valence-electron chi connectivity index (χ4n) is 3.18. The maximum absolute atomic E-state index is 11.4. The molecule has 0 spiro atoms. The molecular formula is C17H34N2O2. The minimum Gasteiger partial charge on any atom is -0.480 e. The van der Waals surface area contributed by atoms with Crippen molar-refractivity contribution in [3.63, 3.8) is 0 Å². The van der Waals surface area contributed by atoms with Gasteiger partial charge in [-0.3, -0.25) is 4.79 Å². The van der Waals surface area contributed by atoms with Crippen molar-refractivity contribution in [2.75, 3.05) is 26.2 Å². The Morgan fingerprint density at radius 1 is 1.29 bits per heavy atom. The lowest BCUT2D eigenvalue weighted by Crippen LogP contribution is -2.49. The smallest absolute Gasteiger partial charge is 0.323 e. The lowest BCUT2D eigenvalue weighted by molar-refractivity contribution is -0.144. The van der Waals surface area contributed by atoms with Crippen LogP contribution in [0.1, 0.15) is 66.2 Å². The topological polar surface area (TPSA) is 52.6 Å². The Bertz CT molecular complexity index is 331. The summed E-state index contributed by atoms with van der Waals surface area (Å²) in [6.45, 7) is 12.7. The molecule has 1 fully saturated rings. The average molecular weight is 298 g/mol. The van der Waals surface area contributed by atoms with Crippen molar-refractivity contribution in [3.05, 3.63) is 0 Å². The van der Waals surface area contributed by atoms with Crippen LogP contribution in [0, 0.1) is 5.41 Å². The highest BCUT2D eigenvalue weighted by Gasteiger charge is 2.31. The average Bonchev–Trinajstić information content (AvgIpc) is 2.56. The van der Waals surface area contributed by atoms with Crippen LogP contribution in [0.15, 0.2) is 0 Å². The third-order valence-electron chi connectivity index (χ3n) is 4.87. The van der Waals surface area contributed by atoms with Gasteiger partial charge in [-0.05, 0) is 77.0 Å². The second-order valence-electron chi connectivity index (χ2n) is 7.48. The van der Waals surface area contributed by atoms with E-state index in [1.54, 1.807) is 6.92 Å². The Morgan fingerprint density at radius 2 is 2.00 bits per heavy atom. The molecule has 0 aliphatic carbocycles. The normalized spacial score (nSPS) is 22.5. The molecule has 0 saturated carbocycles. The predicted octanol–water partition coefficient (Wildman–Crippen LogP) is 3.12. The number of likely N-dealkylation sites (N-methyl/N-ethyl adjacent to an activating group) is 1. The molecule has 0 aromatic rings. The summed E-state index contributed by atoms with van der Waals surface area (Å²) >= 11 is 0. The maximum Gasteiger partial charge on any atom is 0.323 e. The molecule has 124 valence electrons. The van der Waals surface area contributed by atoms with Gasteiger partial charge in [-0.25, -0.2) is 0 Å². The fourth-order valence-corrected chi connectivity index (χ4v) is 3.18. The molecule has 1 rings (SSSR count). The first-order valence-corrected chi connectivity index (χ1v) is 8.50. The van der Waals surface area contributed by atoms with E-state index >= 15 is 0 Å². The number of carboxylic acid groups (broad SMARTS) is 1. The third-order valence-corrected chi connectivity index (χ3v) is 4.87. The standard InChI is InChI=1S/C17H34N2O2/c1-5-18-17(4,15(20)21)10-6-7-12-19-13-8-9-16(2,3)11-14-19/h18H,5-14H2,1-4H3,(H,20,21). The van der Waals surface area contributed by atoms with Gasteiger partial charge in [-0.2, -0.15) is 0 Å². The van der Waals surface area contributed by atoms with Crippen molar-refractivity contribution in [2.45, 2.75) is 71.8 Å². The number of hydrogen-bond acceptors (Lipinski definition) is 3. The van der Waals surface area contributed by atoms with Crippen LogP contribution in [0.4, 0.5) is 0 Å². The summed E-state index contributed by atoms with van der Waals surface area (Å²) in [5, 5.41) is 12.4. The van der Waals surface area contributed by atoms with Crippen molar-refractivity contribution in [1.82, 2.24) is 10.2 Å². The maximum atomic E-state index is 11.4. The highest BCUT2D eigenvalue weighted by Crippen LogP contribution is 2.29. The molecule has 1 aliphatic rings. The lowest BCUT2D eigenvalue weighted by atomic mass is 9.85. The van der Waals surface area contributed by atoms with Gasteiger partial charge in [-0.15, -0.1) is 0 Å². The Morgan fingerprint density at radius 3 is 2.62 bits per heavy atom. The van der Waals surface area contributed by atoms with Crippen molar-refractivity contribution in [1.29, 1.82) is 0 Å². The molecule has 1 atom stereocenters. The van der Waals surface area contributed by atoms with Crippen LogP contribution in [-0.2, 0) is 4.79 Å². The summed E-state index contributed by atoms with van der Waals surface area (Å²) < 4.78 is 0. The van der Waals surface area contributed by atoms with Gasteiger partial charge in [0.1, 0.15) is 5.54 Å². The Hall–Kier alpha value is -0.610. The first-order valence-electron chi connectivity index (χ1n) is 8.50. The molecule has 0 aromatic heterocycles. The van der Waals surface area contributed by atoms with Gasteiger partial charge in [0.25, 0.3) is 0 Å². The summed E-state index contributed by atoms with van der Waals surface area (Å²) in [5.74, 6) is -0.735. The van der Waals surface area contributed by atoms with Crippen LogP contribution in [-0.4, -0.2) is 47.7 Å². The fraction of sp³-hybridized carbons (Fsp3) is 0.941. The Kier molecular flexibility index (Phi) is 7.14. The van der Waals surface area contributed by atoms with Crippen molar-refractivity contribution >= 4 is 5.97 Å². The van der Waals surface area contributed by atoms with Gasteiger partial charge in [0, 0.05) is 0 Å². The predicted molar refractivity (Wildman–Crippen MR) is 87.6 cm³/mol. The van der Waals surface area contributed by atoms with Crippen LogP contribution in [0.5, 0.6) is 0 Å². The number of nitrogens with zero attached hydrogens (tertiary/aromatic N) is 1. The molecule has 21 heavy (non-hydrogen) atoms. The molecule has 0 aromatic carbocycles. The highest BCUT2D eigenvalue weighted by atomic mass is 16.4. The van der Waals surface area contributed by atoms with E-state index in [1.807, 2.05) is 6.92 Å². The third kappa shape index (κ3) is 6.35. The number of unbranched alkanes of at least 4 members (excludes halogenated alkanes) is 1.